The Kier molecular flexibility index (Phi) is 2.08. The second kappa shape index (κ2) is 3.24. The predicted molar refractivity (Wildman–Crippen MR) is 51.5 cm³/mol. The molecule has 1 aromatic heterocycles. The van der Waals surface area contributed by atoms with E-state index in [9.17, 15) is 0 Å². The molecule has 0 unspecified atom stereocenters. The van der Waals surface area contributed by atoms with Crippen LogP contribution in [0.3, 0.4) is 0 Å². The molecule has 2 N–H and O–H groups in total. The van der Waals surface area contributed by atoms with E-state index in [0.29, 0.717) is 11.6 Å². The molecule has 1 aliphatic rings. The topological polar surface area (TPSA) is 48.1 Å². The van der Waals surface area contributed by atoms with Crippen molar-refractivity contribution in [2.45, 2.75) is 25.9 Å². The fourth-order valence-corrected chi connectivity index (χ4v) is 1.31. The zero-order valence-corrected chi connectivity index (χ0v) is 7.73. The summed E-state index contributed by atoms with van der Waals surface area (Å²) in [6, 6.07) is 3.62. The Bertz CT molecular complexity index is 279. The highest BCUT2D eigenvalue weighted by Gasteiger charge is 2.29. The molecular weight excluding hydrogens is 164 g/mol. The monoisotopic (exact) mass is 178 g/mol. The lowest BCUT2D eigenvalue weighted by molar-refractivity contribution is 0.190. The largest absolute Gasteiger partial charge is 0.474 e. The first kappa shape index (κ1) is 8.35. The Morgan fingerprint density at radius 2 is 2.31 bits per heavy atom. The molecule has 1 fully saturated rings. The van der Waals surface area contributed by atoms with Crippen molar-refractivity contribution in [1.29, 1.82) is 0 Å². The number of nitrogens with two attached hydrogens (primary N) is 1. The first-order chi connectivity index (χ1) is 6.25. The molecule has 70 valence electrons. The minimum absolute atomic E-state index is 0.288. The van der Waals surface area contributed by atoms with Crippen LogP contribution in [0.2, 0.25) is 0 Å². The SMILES string of the molecule is C[C@@H](Oc1ccc(N)cn1)C1CC1. The van der Waals surface area contributed by atoms with Gasteiger partial charge in [-0.1, -0.05) is 0 Å². The maximum atomic E-state index is 5.63. The van der Waals surface area contributed by atoms with Crippen molar-refractivity contribution < 1.29 is 4.74 Å². The number of nitrogen functional groups attached to an aromatic ring is 1. The zero-order valence-electron chi connectivity index (χ0n) is 7.73. The number of hydrogen-bond acceptors (Lipinski definition) is 3. The van der Waals surface area contributed by atoms with Gasteiger partial charge in [-0.3, -0.25) is 0 Å². The summed E-state index contributed by atoms with van der Waals surface area (Å²) in [7, 11) is 0. The summed E-state index contributed by atoms with van der Waals surface area (Å²) < 4.78 is 5.63. The van der Waals surface area contributed by atoms with Crippen LogP contribution in [0.4, 0.5) is 5.69 Å². The summed E-state index contributed by atoms with van der Waals surface area (Å²) in [6.45, 7) is 2.09. The Hall–Kier alpha value is -1.25. The highest BCUT2D eigenvalue weighted by molar-refractivity contribution is 5.36. The van der Waals surface area contributed by atoms with Crippen LogP contribution in [0.25, 0.3) is 0 Å². The van der Waals surface area contributed by atoms with Crippen LogP contribution in [-0.4, -0.2) is 11.1 Å². The molecule has 0 spiro atoms. The number of aromatic nitrogens is 1. The molecule has 1 aliphatic carbocycles. The van der Waals surface area contributed by atoms with Gasteiger partial charge in [0.2, 0.25) is 5.88 Å². The van der Waals surface area contributed by atoms with E-state index in [1.54, 1.807) is 6.20 Å². The van der Waals surface area contributed by atoms with Crippen molar-refractivity contribution >= 4 is 5.69 Å². The van der Waals surface area contributed by atoms with Gasteiger partial charge in [-0.25, -0.2) is 4.98 Å². The summed E-state index contributed by atoms with van der Waals surface area (Å²) in [6.07, 6.45) is 4.48. The lowest BCUT2D eigenvalue weighted by Gasteiger charge is -2.12. The number of nitrogens with zero attached hydrogens (tertiary/aromatic N) is 1. The van der Waals surface area contributed by atoms with Crippen LogP contribution < -0.4 is 10.5 Å². The first-order valence-corrected chi connectivity index (χ1v) is 4.64. The minimum Gasteiger partial charge on any atom is -0.474 e. The number of anilines is 1. The summed E-state index contributed by atoms with van der Waals surface area (Å²) in [5, 5.41) is 0. The van der Waals surface area contributed by atoms with Gasteiger partial charge in [-0.05, 0) is 31.7 Å². The third-order valence-electron chi connectivity index (χ3n) is 2.35. The van der Waals surface area contributed by atoms with E-state index in [1.807, 2.05) is 12.1 Å². The Morgan fingerprint density at radius 3 is 2.85 bits per heavy atom. The van der Waals surface area contributed by atoms with Crippen LogP contribution in [0.5, 0.6) is 5.88 Å². The highest BCUT2D eigenvalue weighted by atomic mass is 16.5. The second-order valence-corrected chi connectivity index (χ2v) is 3.59. The quantitative estimate of drug-likeness (QED) is 0.768. The lowest BCUT2D eigenvalue weighted by atomic mass is 10.3. The van der Waals surface area contributed by atoms with Gasteiger partial charge in [0.1, 0.15) is 6.10 Å². The molecule has 0 radical (unpaired) electrons. The minimum atomic E-state index is 0.288. The van der Waals surface area contributed by atoms with Gasteiger partial charge in [-0.15, -0.1) is 0 Å². The predicted octanol–water partition coefficient (Wildman–Crippen LogP) is 1.84. The van der Waals surface area contributed by atoms with Crippen LogP contribution in [0.1, 0.15) is 19.8 Å². The Morgan fingerprint density at radius 1 is 1.54 bits per heavy atom. The third kappa shape index (κ3) is 2.11. The average Bonchev–Trinajstić information content (AvgIpc) is 2.91. The van der Waals surface area contributed by atoms with Crippen molar-refractivity contribution in [2.75, 3.05) is 5.73 Å². The van der Waals surface area contributed by atoms with Crippen molar-refractivity contribution in [2.24, 2.45) is 5.92 Å². The molecule has 1 heterocycles. The fraction of sp³-hybridized carbons (Fsp3) is 0.500. The molecular formula is C10H14N2O. The molecule has 3 nitrogen and oxygen atoms in total. The highest BCUT2D eigenvalue weighted by Crippen LogP contribution is 2.34. The molecule has 3 heteroatoms. The second-order valence-electron chi connectivity index (χ2n) is 3.59. The lowest BCUT2D eigenvalue weighted by Crippen LogP contribution is -2.14. The fourth-order valence-electron chi connectivity index (χ4n) is 1.31. The Labute approximate surface area is 77.9 Å². The molecule has 1 aromatic rings. The normalized spacial score (nSPS) is 18.2. The number of ether oxygens (including phenoxy) is 1. The van der Waals surface area contributed by atoms with E-state index >= 15 is 0 Å². The molecule has 1 saturated carbocycles. The summed E-state index contributed by atoms with van der Waals surface area (Å²) in [5.74, 6) is 1.41. The van der Waals surface area contributed by atoms with Crippen LogP contribution in [0, 0.1) is 5.92 Å². The van der Waals surface area contributed by atoms with Crippen molar-refractivity contribution in [3.63, 3.8) is 0 Å². The Balaban J connectivity index is 1.96. The number of hydrogen-bond donors (Lipinski definition) is 1. The van der Waals surface area contributed by atoms with E-state index in [2.05, 4.69) is 11.9 Å². The van der Waals surface area contributed by atoms with Gasteiger partial charge < -0.3 is 10.5 Å². The summed E-state index contributed by atoms with van der Waals surface area (Å²) >= 11 is 0. The van der Waals surface area contributed by atoms with Gasteiger partial charge in [0, 0.05) is 6.07 Å². The first-order valence-electron chi connectivity index (χ1n) is 4.64. The molecule has 1 atom stereocenters. The number of rotatable bonds is 3. The molecule has 13 heavy (non-hydrogen) atoms. The number of pyridine rings is 1. The van der Waals surface area contributed by atoms with Crippen LogP contribution in [-0.2, 0) is 0 Å². The summed E-state index contributed by atoms with van der Waals surface area (Å²) in [5.41, 5.74) is 6.18. The van der Waals surface area contributed by atoms with Crippen LogP contribution >= 0.6 is 0 Å². The molecule has 0 bridgehead atoms. The molecule has 0 saturated heterocycles. The van der Waals surface area contributed by atoms with Crippen LogP contribution in [0.15, 0.2) is 18.3 Å². The smallest absolute Gasteiger partial charge is 0.213 e. The van der Waals surface area contributed by atoms with Gasteiger partial charge in [-0.2, -0.15) is 0 Å². The molecule has 2 rings (SSSR count). The molecule has 0 aliphatic heterocycles. The van der Waals surface area contributed by atoms with Crippen molar-refractivity contribution in [3.8, 4) is 5.88 Å². The standard InChI is InChI=1S/C10H14N2O/c1-7(8-2-3-8)13-10-5-4-9(11)6-12-10/h4-8H,2-3,11H2,1H3/t7-/m1/s1. The van der Waals surface area contributed by atoms with Gasteiger partial charge in [0.15, 0.2) is 0 Å². The van der Waals surface area contributed by atoms with Gasteiger partial charge >= 0.3 is 0 Å². The maximum Gasteiger partial charge on any atom is 0.213 e. The third-order valence-corrected chi connectivity index (χ3v) is 2.35. The van der Waals surface area contributed by atoms with Crippen molar-refractivity contribution in [1.82, 2.24) is 4.98 Å². The van der Waals surface area contributed by atoms with E-state index in [0.717, 1.165) is 5.92 Å². The molecule has 0 aromatic carbocycles. The van der Waals surface area contributed by atoms with E-state index < -0.39 is 0 Å². The maximum absolute atomic E-state index is 5.63. The van der Waals surface area contributed by atoms with E-state index in [4.69, 9.17) is 10.5 Å². The van der Waals surface area contributed by atoms with Crippen molar-refractivity contribution in [3.05, 3.63) is 18.3 Å². The van der Waals surface area contributed by atoms with Gasteiger partial charge in [0.25, 0.3) is 0 Å². The van der Waals surface area contributed by atoms with E-state index in [-0.39, 0.29) is 6.10 Å². The summed E-state index contributed by atoms with van der Waals surface area (Å²) in [4.78, 5) is 4.08. The van der Waals surface area contributed by atoms with E-state index in [1.165, 1.54) is 12.8 Å². The molecule has 0 amide bonds. The zero-order chi connectivity index (χ0) is 9.26. The average molecular weight is 178 g/mol. The van der Waals surface area contributed by atoms with Gasteiger partial charge in [0.05, 0.1) is 11.9 Å².